The van der Waals surface area contributed by atoms with Crippen LogP contribution >= 0.6 is 11.3 Å². The summed E-state index contributed by atoms with van der Waals surface area (Å²) in [6.45, 7) is 3.60. The van der Waals surface area contributed by atoms with E-state index >= 15 is 0 Å². The molecule has 1 unspecified atom stereocenters. The molecule has 0 saturated heterocycles. The van der Waals surface area contributed by atoms with Crippen molar-refractivity contribution in [2.75, 3.05) is 6.54 Å². The molecule has 7 heteroatoms. The van der Waals surface area contributed by atoms with E-state index in [9.17, 15) is 4.79 Å². The van der Waals surface area contributed by atoms with Gasteiger partial charge in [0.25, 0.3) is 0 Å². The van der Waals surface area contributed by atoms with Gasteiger partial charge in [-0.1, -0.05) is 0 Å². The van der Waals surface area contributed by atoms with Crippen LogP contribution < -0.4 is 10.6 Å². The molecular weight excluding hydrogens is 298 g/mol. The van der Waals surface area contributed by atoms with Gasteiger partial charge in [-0.15, -0.1) is 10.2 Å². The molecule has 1 aliphatic rings. The van der Waals surface area contributed by atoms with Crippen molar-refractivity contribution in [1.29, 1.82) is 0 Å². The highest BCUT2D eigenvalue weighted by Crippen LogP contribution is 2.13. The molecule has 2 amide bonds. The van der Waals surface area contributed by atoms with Crippen LogP contribution in [0, 0.1) is 0 Å². The molecule has 2 N–H and O–H groups in total. The van der Waals surface area contributed by atoms with Gasteiger partial charge in [-0.25, -0.2) is 4.79 Å². The normalized spacial score (nSPS) is 14.6. The molecule has 22 heavy (non-hydrogen) atoms. The minimum absolute atomic E-state index is 0.118. The summed E-state index contributed by atoms with van der Waals surface area (Å²) in [5.41, 5.74) is 1.26. The molecule has 0 saturated carbocycles. The third-order valence-corrected chi connectivity index (χ3v) is 4.55. The molecule has 0 radical (unpaired) electrons. The molecule has 3 rings (SSSR count). The Kier molecular flexibility index (Phi) is 4.72. The number of fused-ring (bicyclic) bond motifs is 1. The minimum atomic E-state index is -0.121. The number of thiophene rings is 1. The molecule has 2 aromatic rings. The van der Waals surface area contributed by atoms with Crippen LogP contribution in [0.2, 0.25) is 0 Å². The van der Waals surface area contributed by atoms with Crippen LogP contribution in [0.3, 0.4) is 0 Å². The van der Waals surface area contributed by atoms with Gasteiger partial charge in [0.2, 0.25) is 0 Å². The number of aromatic nitrogens is 3. The van der Waals surface area contributed by atoms with Crippen molar-refractivity contribution in [1.82, 2.24) is 25.4 Å². The Morgan fingerprint density at radius 3 is 3.23 bits per heavy atom. The molecule has 1 aliphatic heterocycles. The van der Waals surface area contributed by atoms with Crippen molar-refractivity contribution in [3.8, 4) is 0 Å². The summed E-state index contributed by atoms with van der Waals surface area (Å²) in [4.78, 5) is 11.9. The number of hydrogen-bond acceptors (Lipinski definition) is 4. The van der Waals surface area contributed by atoms with E-state index in [0.717, 1.165) is 43.9 Å². The fourth-order valence-corrected chi connectivity index (χ4v) is 3.45. The predicted octanol–water partition coefficient (Wildman–Crippen LogP) is 1.76. The lowest BCUT2D eigenvalue weighted by Crippen LogP contribution is -2.42. The summed E-state index contributed by atoms with van der Waals surface area (Å²) in [7, 11) is 0. The van der Waals surface area contributed by atoms with Gasteiger partial charge in [-0.05, 0) is 42.2 Å². The van der Waals surface area contributed by atoms with Crippen molar-refractivity contribution in [3.63, 3.8) is 0 Å². The SMILES string of the molecule is CC(Cc1ccsc1)NC(=O)NCCc1nnc2n1CCC2. The average molecular weight is 319 g/mol. The van der Waals surface area contributed by atoms with Crippen LogP contribution in [0.15, 0.2) is 16.8 Å². The van der Waals surface area contributed by atoms with Crippen LogP contribution in [0.4, 0.5) is 4.79 Å². The average Bonchev–Trinajstić information content (AvgIpc) is 3.17. The lowest BCUT2D eigenvalue weighted by Gasteiger charge is -2.14. The summed E-state index contributed by atoms with van der Waals surface area (Å²) in [6, 6.07) is 2.09. The smallest absolute Gasteiger partial charge is 0.315 e. The summed E-state index contributed by atoms with van der Waals surface area (Å²) in [5.74, 6) is 2.04. The lowest BCUT2D eigenvalue weighted by molar-refractivity contribution is 0.238. The largest absolute Gasteiger partial charge is 0.338 e. The third-order valence-electron chi connectivity index (χ3n) is 3.82. The Morgan fingerprint density at radius 2 is 2.41 bits per heavy atom. The lowest BCUT2D eigenvalue weighted by atomic mass is 10.1. The fourth-order valence-electron chi connectivity index (χ4n) is 2.77. The van der Waals surface area contributed by atoms with E-state index in [-0.39, 0.29) is 12.1 Å². The van der Waals surface area contributed by atoms with Crippen molar-refractivity contribution >= 4 is 17.4 Å². The number of hydrogen-bond donors (Lipinski definition) is 2. The van der Waals surface area contributed by atoms with Gasteiger partial charge in [0, 0.05) is 32.0 Å². The summed E-state index contributed by atoms with van der Waals surface area (Å²) in [6.07, 6.45) is 3.74. The second kappa shape index (κ2) is 6.91. The fraction of sp³-hybridized carbons (Fsp3) is 0.533. The summed E-state index contributed by atoms with van der Waals surface area (Å²) in [5, 5.41) is 18.4. The first-order valence-corrected chi connectivity index (χ1v) is 8.63. The van der Waals surface area contributed by atoms with Gasteiger partial charge in [0.05, 0.1) is 0 Å². The van der Waals surface area contributed by atoms with Crippen molar-refractivity contribution < 1.29 is 4.79 Å². The van der Waals surface area contributed by atoms with Gasteiger partial charge < -0.3 is 15.2 Å². The van der Waals surface area contributed by atoms with Gasteiger partial charge in [-0.3, -0.25) is 0 Å². The molecule has 6 nitrogen and oxygen atoms in total. The summed E-state index contributed by atoms with van der Waals surface area (Å²) < 4.78 is 2.17. The Morgan fingerprint density at radius 1 is 1.50 bits per heavy atom. The van der Waals surface area contributed by atoms with Gasteiger partial charge in [-0.2, -0.15) is 11.3 Å². The third kappa shape index (κ3) is 3.65. The number of nitrogens with zero attached hydrogens (tertiary/aromatic N) is 3. The maximum absolute atomic E-state index is 11.9. The molecule has 0 bridgehead atoms. The molecule has 0 aliphatic carbocycles. The topological polar surface area (TPSA) is 71.8 Å². The van der Waals surface area contributed by atoms with E-state index in [1.165, 1.54) is 5.56 Å². The molecule has 0 spiro atoms. The van der Waals surface area contributed by atoms with Crippen LogP contribution in [-0.4, -0.2) is 33.4 Å². The molecule has 3 heterocycles. The Hall–Kier alpha value is -1.89. The Balaban J connectivity index is 1.39. The monoisotopic (exact) mass is 319 g/mol. The number of carbonyl (C=O) groups excluding carboxylic acids is 1. The number of nitrogens with one attached hydrogen (secondary N) is 2. The highest BCUT2D eigenvalue weighted by molar-refractivity contribution is 7.07. The van der Waals surface area contributed by atoms with E-state index in [2.05, 4.69) is 42.2 Å². The second-order valence-electron chi connectivity index (χ2n) is 5.67. The zero-order valence-electron chi connectivity index (χ0n) is 12.7. The van der Waals surface area contributed by atoms with Crippen molar-refractivity contribution in [3.05, 3.63) is 34.0 Å². The van der Waals surface area contributed by atoms with Crippen LogP contribution in [0.5, 0.6) is 0 Å². The molecule has 2 aromatic heterocycles. The first-order chi connectivity index (χ1) is 10.7. The summed E-state index contributed by atoms with van der Waals surface area (Å²) >= 11 is 1.68. The van der Waals surface area contributed by atoms with Gasteiger partial charge in [0.1, 0.15) is 11.6 Å². The second-order valence-corrected chi connectivity index (χ2v) is 6.45. The number of rotatable bonds is 6. The molecule has 0 fully saturated rings. The number of aryl methyl sites for hydroxylation is 1. The van der Waals surface area contributed by atoms with Crippen molar-refractivity contribution in [2.24, 2.45) is 0 Å². The van der Waals surface area contributed by atoms with Crippen LogP contribution in [-0.2, 0) is 25.8 Å². The van der Waals surface area contributed by atoms with Gasteiger partial charge in [0.15, 0.2) is 0 Å². The Labute approximate surface area is 133 Å². The zero-order chi connectivity index (χ0) is 15.4. The first-order valence-electron chi connectivity index (χ1n) is 7.69. The predicted molar refractivity (Wildman–Crippen MR) is 86.1 cm³/mol. The molecular formula is C15H21N5OS. The molecule has 0 aromatic carbocycles. The number of amides is 2. The van der Waals surface area contributed by atoms with Crippen molar-refractivity contribution in [2.45, 2.75) is 45.2 Å². The number of urea groups is 1. The van der Waals surface area contributed by atoms with E-state index < -0.39 is 0 Å². The standard InChI is InChI=1S/C15H21N5OS/c1-11(9-12-5-8-22-10-12)17-15(21)16-6-4-14-19-18-13-3-2-7-20(13)14/h5,8,10-11H,2-4,6-7,9H2,1H3,(H2,16,17,21). The quantitative estimate of drug-likeness (QED) is 0.852. The van der Waals surface area contributed by atoms with Crippen LogP contribution in [0.1, 0.15) is 30.6 Å². The van der Waals surface area contributed by atoms with E-state index in [1.54, 1.807) is 11.3 Å². The van der Waals surface area contributed by atoms with E-state index in [0.29, 0.717) is 6.54 Å². The Bertz CT molecular complexity index is 622. The number of carbonyl (C=O) groups is 1. The molecule has 118 valence electrons. The van der Waals surface area contributed by atoms with E-state index in [4.69, 9.17) is 0 Å². The first kappa shape index (κ1) is 15.0. The van der Waals surface area contributed by atoms with Gasteiger partial charge >= 0.3 is 6.03 Å². The van der Waals surface area contributed by atoms with E-state index in [1.807, 2.05) is 6.92 Å². The maximum Gasteiger partial charge on any atom is 0.315 e. The highest BCUT2D eigenvalue weighted by atomic mass is 32.1. The molecule has 1 atom stereocenters. The maximum atomic E-state index is 11.9. The minimum Gasteiger partial charge on any atom is -0.338 e. The highest BCUT2D eigenvalue weighted by Gasteiger charge is 2.17. The van der Waals surface area contributed by atoms with Crippen LogP contribution in [0.25, 0.3) is 0 Å². The zero-order valence-corrected chi connectivity index (χ0v) is 13.5.